The zero-order valence-electron chi connectivity index (χ0n) is 12.8. The zero-order chi connectivity index (χ0) is 14.9. The molecule has 1 saturated heterocycles. The summed E-state index contributed by atoms with van der Waals surface area (Å²) in [7, 11) is 0. The standard InChI is InChI=1S/C16H21F3N2.2ClH/c17-16(18,19)14-3-1-2-13(11-14)15(10-12-4-5-12)21-8-6-20-7-9-21;;/h1-3,11-12,15,20H,4-10H2;2*1H/t15-;;/m1../s1. The molecule has 0 radical (unpaired) electrons. The Bertz CT molecular complexity index is 486. The average Bonchev–Trinajstić information content (AvgIpc) is 3.29. The van der Waals surface area contributed by atoms with Crippen LogP contribution in [0.15, 0.2) is 24.3 Å². The molecule has 1 atom stereocenters. The Morgan fingerprint density at radius 1 is 1.13 bits per heavy atom. The maximum atomic E-state index is 12.9. The van der Waals surface area contributed by atoms with Crippen LogP contribution in [0.1, 0.15) is 36.4 Å². The van der Waals surface area contributed by atoms with Crippen LogP contribution in [0.25, 0.3) is 0 Å². The summed E-state index contributed by atoms with van der Waals surface area (Å²) < 4.78 is 38.8. The first-order chi connectivity index (χ1) is 10.0. The number of nitrogens with one attached hydrogen (secondary N) is 1. The van der Waals surface area contributed by atoms with Crippen molar-refractivity contribution < 1.29 is 13.2 Å². The molecule has 7 heteroatoms. The van der Waals surface area contributed by atoms with Crippen LogP contribution in [0, 0.1) is 5.92 Å². The second-order valence-corrected chi connectivity index (χ2v) is 6.10. The largest absolute Gasteiger partial charge is 0.416 e. The molecule has 3 rings (SSSR count). The first-order valence-corrected chi connectivity index (χ1v) is 7.66. The fraction of sp³-hybridized carbons (Fsp3) is 0.625. The highest BCUT2D eigenvalue weighted by molar-refractivity contribution is 5.85. The summed E-state index contributed by atoms with van der Waals surface area (Å²) in [4.78, 5) is 2.34. The molecule has 2 aliphatic rings. The van der Waals surface area contributed by atoms with Crippen molar-refractivity contribution in [3.63, 3.8) is 0 Å². The van der Waals surface area contributed by atoms with E-state index < -0.39 is 11.7 Å². The Morgan fingerprint density at radius 2 is 1.78 bits per heavy atom. The fourth-order valence-electron chi connectivity index (χ4n) is 3.08. The van der Waals surface area contributed by atoms with Crippen molar-refractivity contribution in [2.45, 2.75) is 31.5 Å². The summed E-state index contributed by atoms with van der Waals surface area (Å²) in [6, 6.07) is 6.02. The minimum Gasteiger partial charge on any atom is -0.314 e. The molecule has 1 saturated carbocycles. The summed E-state index contributed by atoms with van der Waals surface area (Å²) in [6.07, 6.45) is -0.825. The summed E-state index contributed by atoms with van der Waals surface area (Å²) in [5.41, 5.74) is 0.287. The van der Waals surface area contributed by atoms with Crippen LogP contribution >= 0.6 is 24.8 Å². The molecule has 132 valence electrons. The van der Waals surface area contributed by atoms with E-state index >= 15 is 0 Å². The first kappa shape index (κ1) is 20.6. The van der Waals surface area contributed by atoms with Crippen LogP contribution < -0.4 is 5.32 Å². The summed E-state index contributed by atoms with van der Waals surface area (Å²) >= 11 is 0. The molecule has 1 aliphatic heterocycles. The smallest absolute Gasteiger partial charge is 0.314 e. The van der Waals surface area contributed by atoms with E-state index in [1.807, 2.05) is 6.07 Å². The van der Waals surface area contributed by atoms with Crippen molar-refractivity contribution in [1.29, 1.82) is 0 Å². The van der Waals surface area contributed by atoms with E-state index in [1.54, 1.807) is 6.07 Å². The highest BCUT2D eigenvalue weighted by atomic mass is 35.5. The molecule has 1 aliphatic carbocycles. The second kappa shape index (κ2) is 8.56. The van der Waals surface area contributed by atoms with Gasteiger partial charge in [-0.25, -0.2) is 0 Å². The molecule has 0 amide bonds. The van der Waals surface area contributed by atoms with Crippen molar-refractivity contribution in [3.05, 3.63) is 35.4 Å². The third kappa shape index (κ3) is 5.52. The van der Waals surface area contributed by atoms with Gasteiger partial charge in [0.15, 0.2) is 0 Å². The molecule has 1 aromatic rings. The lowest BCUT2D eigenvalue weighted by atomic mass is 9.97. The normalized spacial score (nSPS) is 20.3. The van der Waals surface area contributed by atoms with Crippen molar-refractivity contribution in [2.24, 2.45) is 5.92 Å². The maximum absolute atomic E-state index is 12.9. The van der Waals surface area contributed by atoms with Gasteiger partial charge in [-0.2, -0.15) is 13.2 Å². The monoisotopic (exact) mass is 370 g/mol. The van der Waals surface area contributed by atoms with Gasteiger partial charge in [0, 0.05) is 32.2 Å². The molecular formula is C16H23Cl2F3N2. The van der Waals surface area contributed by atoms with Crippen molar-refractivity contribution in [3.8, 4) is 0 Å². The average molecular weight is 371 g/mol. The van der Waals surface area contributed by atoms with Gasteiger partial charge in [-0.15, -0.1) is 24.8 Å². The van der Waals surface area contributed by atoms with Crippen LogP contribution in [0.2, 0.25) is 0 Å². The highest BCUT2D eigenvalue weighted by Crippen LogP contribution is 2.41. The summed E-state index contributed by atoms with van der Waals surface area (Å²) in [6.45, 7) is 3.65. The Balaban J connectivity index is 0.00000132. The lowest BCUT2D eigenvalue weighted by molar-refractivity contribution is -0.137. The number of rotatable bonds is 4. The fourth-order valence-corrected chi connectivity index (χ4v) is 3.08. The van der Waals surface area contributed by atoms with Crippen molar-refractivity contribution in [2.75, 3.05) is 26.2 Å². The van der Waals surface area contributed by atoms with Gasteiger partial charge in [0.05, 0.1) is 5.56 Å². The molecule has 0 spiro atoms. The highest BCUT2D eigenvalue weighted by Gasteiger charge is 2.34. The number of nitrogens with zero attached hydrogens (tertiary/aromatic N) is 1. The third-order valence-electron chi connectivity index (χ3n) is 4.44. The predicted molar refractivity (Wildman–Crippen MR) is 90.5 cm³/mol. The first-order valence-electron chi connectivity index (χ1n) is 7.66. The topological polar surface area (TPSA) is 15.3 Å². The molecule has 1 N–H and O–H groups in total. The Morgan fingerprint density at radius 3 is 2.35 bits per heavy atom. The minimum absolute atomic E-state index is 0. The number of piperazine rings is 1. The van der Waals surface area contributed by atoms with E-state index in [1.165, 1.54) is 18.9 Å². The molecule has 0 aromatic heterocycles. The maximum Gasteiger partial charge on any atom is 0.416 e. The summed E-state index contributed by atoms with van der Waals surface area (Å²) in [5.74, 6) is 0.694. The predicted octanol–water partition coefficient (Wildman–Crippen LogP) is 4.30. The SMILES string of the molecule is Cl.Cl.FC(F)(F)c1cccc([C@@H](CC2CC2)N2CCNCC2)c1. The van der Waals surface area contributed by atoms with Crippen LogP contribution in [-0.2, 0) is 6.18 Å². The number of hydrogen-bond donors (Lipinski definition) is 1. The van der Waals surface area contributed by atoms with E-state index in [0.29, 0.717) is 5.92 Å². The van der Waals surface area contributed by atoms with Crippen LogP contribution in [-0.4, -0.2) is 31.1 Å². The molecule has 1 heterocycles. The number of hydrogen-bond acceptors (Lipinski definition) is 2. The van der Waals surface area contributed by atoms with Gasteiger partial charge < -0.3 is 5.32 Å². The molecular weight excluding hydrogens is 348 g/mol. The lowest BCUT2D eigenvalue weighted by Crippen LogP contribution is -2.45. The second-order valence-electron chi connectivity index (χ2n) is 6.10. The quantitative estimate of drug-likeness (QED) is 0.849. The number of alkyl halides is 3. The Hall–Kier alpha value is -0.490. The van der Waals surface area contributed by atoms with Gasteiger partial charge in [-0.05, 0) is 30.0 Å². The lowest BCUT2D eigenvalue weighted by Gasteiger charge is -2.35. The van der Waals surface area contributed by atoms with E-state index in [9.17, 15) is 13.2 Å². The molecule has 0 bridgehead atoms. The van der Waals surface area contributed by atoms with Crippen LogP contribution in [0.5, 0.6) is 0 Å². The summed E-state index contributed by atoms with van der Waals surface area (Å²) in [5, 5.41) is 3.30. The van der Waals surface area contributed by atoms with Gasteiger partial charge >= 0.3 is 6.18 Å². The molecule has 1 aromatic carbocycles. The van der Waals surface area contributed by atoms with Gasteiger partial charge in [-0.3, -0.25) is 4.90 Å². The van der Waals surface area contributed by atoms with Gasteiger partial charge in [0.1, 0.15) is 0 Å². The Labute approximate surface area is 147 Å². The van der Waals surface area contributed by atoms with Crippen molar-refractivity contribution in [1.82, 2.24) is 10.2 Å². The van der Waals surface area contributed by atoms with Gasteiger partial charge in [0.25, 0.3) is 0 Å². The van der Waals surface area contributed by atoms with E-state index in [2.05, 4.69) is 10.2 Å². The molecule has 0 unspecified atom stereocenters. The van der Waals surface area contributed by atoms with E-state index in [4.69, 9.17) is 0 Å². The minimum atomic E-state index is -4.26. The van der Waals surface area contributed by atoms with E-state index in [-0.39, 0.29) is 30.9 Å². The van der Waals surface area contributed by atoms with E-state index in [0.717, 1.165) is 44.2 Å². The van der Waals surface area contributed by atoms with Crippen LogP contribution in [0.3, 0.4) is 0 Å². The molecule has 23 heavy (non-hydrogen) atoms. The molecule has 2 nitrogen and oxygen atoms in total. The van der Waals surface area contributed by atoms with Crippen molar-refractivity contribution >= 4 is 24.8 Å². The zero-order valence-corrected chi connectivity index (χ0v) is 14.4. The van der Waals surface area contributed by atoms with Crippen LogP contribution in [0.4, 0.5) is 13.2 Å². The third-order valence-corrected chi connectivity index (χ3v) is 4.44. The van der Waals surface area contributed by atoms with Gasteiger partial charge in [0.2, 0.25) is 0 Å². The van der Waals surface area contributed by atoms with Gasteiger partial charge in [-0.1, -0.05) is 25.0 Å². The number of benzene rings is 1. The Kier molecular flexibility index (Phi) is 7.65. The molecule has 2 fully saturated rings. The number of halogens is 5.